The molecule has 6 nitrogen and oxygen atoms in total. The molecule has 0 aliphatic rings. The van der Waals surface area contributed by atoms with Crippen LogP contribution >= 0.6 is 0 Å². The van der Waals surface area contributed by atoms with Gasteiger partial charge in [-0.05, 0) is 74.6 Å². The number of carbonyl (C=O) groups excluding carboxylic acids is 1. The van der Waals surface area contributed by atoms with Gasteiger partial charge in [-0.1, -0.05) is 58.4 Å². The Morgan fingerprint density at radius 1 is 1.05 bits per heavy atom. The number of anilines is 3. The van der Waals surface area contributed by atoms with Crippen LogP contribution in [-0.4, -0.2) is 30.0 Å². The number of benzene rings is 2. The zero-order valence-corrected chi connectivity index (χ0v) is 24.6. The summed E-state index contributed by atoms with van der Waals surface area (Å²) < 4.78 is 0. The van der Waals surface area contributed by atoms with Crippen molar-refractivity contribution in [2.45, 2.75) is 67.3 Å². The molecular weight excluding hydrogens is 470 g/mol. The minimum Gasteiger partial charge on any atom is -0.377 e. The third kappa shape index (κ3) is 9.02. The number of nitrogens with zero attached hydrogens (tertiary/aromatic N) is 3. The minimum absolute atomic E-state index is 0.0165. The fourth-order valence-electron chi connectivity index (χ4n) is 3.89. The van der Waals surface area contributed by atoms with Gasteiger partial charge in [-0.3, -0.25) is 9.78 Å². The number of carbonyl (C=O) groups is 1. The summed E-state index contributed by atoms with van der Waals surface area (Å²) in [5.74, 6) is 1.16. The van der Waals surface area contributed by atoms with Crippen LogP contribution in [0.15, 0.2) is 48.7 Å². The highest BCUT2D eigenvalue weighted by Crippen LogP contribution is 2.22. The molecule has 0 aliphatic carbocycles. The van der Waals surface area contributed by atoms with Gasteiger partial charge in [0.1, 0.15) is 5.82 Å². The Balaban J connectivity index is 0.00000161. The summed E-state index contributed by atoms with van der Waals surface area (Å²) in [6.45, 7) is 14.7. The van der Waals surface area contributed by atoms with Crippen LogP contribution in [0, 0.1) is 12.8 Å². The van der Waals surface area contributed by atoms with Crippen LogP contribution in [0.5, 0.6) is 0 Å². The lowest BCUT2D eigenvalue weighted by Crippen LogP contribution is -2.32. The first-order chi connectivity index (χ1) is 18.1. The molecule has 204 valence electrons. The van der Waals surface area contributed by atoms with E-state index < -0.39 is 0 Å². The maximum Gasteiger partial charge on any atom is 0.255 e. The molecule has 0 radical (unpaired) electrons. The van der Waals surface area contributed by atoms with Gasteiger partial charge in [-0.25, -0.2) is 4.98 Å². The van der Waals surface area contributed by atoms with E-state index in [0.717, 1.165) is 45.4 Å². The summed E-state index contributed by atoms with van der Waals surface area (Å²) in [5.41, 5.74) is 4.59. The van der Waals surface area contributed by atoms with Crippen LogP contribution in [0.4, 0.5) is 17.2 Å². The number of nitrogens with one attached hydrogen (secondary N) is 2. The van der Waals surface area contributed by atoms with Gasteiger partial charge in [-0.2, -0.15) is 0 Å². The molecule has 0 saturated carbocycles. The minimum atomic E-state index is -0.126. The molecule has 3 rings (SSSR count). The van der Waals surface area contributed by atoms with E-state index in [1.165, 1.54) is 6.42 Å². The highest BCUT2D eigenvalue weighted by atomic mass is 16.1. The van der Waals surface area contributed by atoms with E-state index in [1.54, 1.807) is 6.20 Å². The molecule has 1 aromatic heterocycles. The predicted octanol–water partition coefficient (Wildman–Crippen LogP) is 6.32. The highest BCUT2D eigenvalue weighted by Gasteiger charge is 2.12. The van der Waals surface area contributed by atoms with Crippen LogP contribution < -0.4 is 26.2 Å². The molecule has 2 N–H and O–H groups in total. The van der Waals surface area contributed by atoms with Crippen molar-refractivity contribution in [3.05, 3.63) is 76.1 Å². The van der Waals surface area contributed by atoms with Crippen LogP contribution in [-0.2, 0) is 0 Å². The molecule has 3 aromatic rings. The second-order valence-corrected chi connectivity index (χ2v) is 10.2. The van der Waals surface area contributed by atoms with Gasteiger partial charge in [0.2, 0.25) is 0 Å². The Labute approximate surface area is 228 Å². The van der Waals surface area contributed by atoms with E-state index in [0.29, 0.717) is 11.5 Å². The Morgan fingerprint density at radius 2 is 1.76 bits per heavy atom. The summed E-state index contributed by atoms with van der Waals surface area (Å²) in [6.07, 6.45) is 8.09. The van der Waals surface area contributed by atoms with Crippen molar-refractivity contribution in [1.82, 2.24) is 9.97 Å². The SMILES string of the molecule is C/C=c1/ncc(NC(C)c2cccc(NC(=O)c3ccc(N(C)C)c(C)c3)c2)n/c1=C\CC(C)C.CCC. The van der Waals surface area contributed by atoms with Gasteiger partial charge in [0.25, 0.3) is 5.91 Å². The molecule has 0 fully saturated rings. The van der Waals surface area contributed by atoms with Gasteiger partial charge in [0.05, 0.1) is 22.9 Å². The summed E-state index contributed by atoms with van der Waals surface area (Å²) >= 11 is 0. The molecule has 0 spiro atoms. The molecule has 0 aliphatic heterocycles. The molecule has 0 saturated heterocycles. The normalized spacial score (nSPS) is 12.6. The van der Waals surface area contributed by atoms with Crippen molar-refractivity contribution >= 4 is 35.3 Å². The standard InChI is InChI=1S/C29H37N5O.C3H8/c1-8-25-26(14-12-19(2)3)33-28(18-30-25)31-21(5)22-10-9-11-24(17-22)32-29(35)23-13-15-27(34(6)7)20(4)16-23;1-3-2/h8-11,13-19,21H,12H2,1-7H3,(H,31,33)(H,32,35);3H2,1-2H3/b25-8+,26-14-;. The Kier molecular flexibility index (Phi) is 12.0. The maximum atomic E-state index is 12.9. The topological polar surface area (TPSA) is 70.2 Å². The van der Waals surface area contributed by atoms with Crippen LogP contribution in [0.2, 0.25) is 0 Å². The van der Waals surface area contributed by atoms with Crippen molar-refractivity contribution in [2.24, 2.45) is 5.92 Å². The summed E-state index contributed by atoms with van der Waals surface area (Å²) in [6, 6.07) is 13.6. The van der Waals surface area contributed by atoms with Crippen molar-refractivity contribution in [2.75, 3.05) is 29.6 Å². The zero-order chi connectivity index (χ0) is 28.2. The van der Waals surface area contributed by atoms with E-state index in [9.17, 15) is 4.79 Å². The summed E-state index contributed by atoms with van der Waals surface area (Å²) in [5, 5.41) is 8.27. The molecule has 2 aromatic carbocycles. The maximum absolute atomic E-state index is 12.9. The van der Waals surface area contributed by atoms with E-state index >= 15 is 0 Å². The second kappa shape index (κ2) is 14.9. The zero-order valence-electron chi connectivity index (χ0n) is 24.6. The lowest BCUT2D eigenvalue weighted by molar-refractivity contribution is 0.102. The first kappa shape index (κ1) is 30.6. The lowest BCUT2D eigenvalue weighted by atomic mass is 10.1. The number of aryl methyl sites for hydroxylation is 1. The molecular formula is C32H45N5O. The van der Waals surface area contributed by atoms with Gasteiger partial charge in [-0.15, -0.1) is 0 Å². The molecule has 38 heavy (non-hydrogen) atoms. The predicted molar refractivity (Wildman–Crippen MR) is 163 cm³/mol. The molecule has 6 heteroatoms. The van der Waals surface area contributed by atoms with Gasteiger partial charge < -0.3 is 15.5 Å². The average Bonchev–Trinajstić information content (AvgIpc) is 2.87. The molecule has 1 heterocycles. The Hall–Kier alpha value is -3.67. The highest BCUT2D eigenvalue weighted by molar-refractivity contribution is 6.04. The Morgan fingerprint density at radius 3 is 2.37 bits per heavy atom. The first-order valence-corrected chi connectivity index (χ1v) is 13.5. The van der Waals surface area contributed by atoms with Crippen molar-refractivity contribution in [3.63, 3.8) is 0 Å². The van der Waals surface area contributed by atoms with Gasteiger partial charge in [0, 0.05) is 31.0 Å². The van der Waals surface area contributed by atoms with Crippen molar-refractivity contribution in [3.8, 4) is 0 Å². The van der Waals surface area contributed by atoms with Crippen LogP contribution in [0.1, 0.15) is 81.9 Å². The fourth-order valence-corrected chi connectivity index (χ4v) is 3.89. The number of hydrogen-bond acceptors (Lipinski definition) is 5. The lowest BCUT2D eigenvalue weighted by Gasteiger charge is -2.17. The first-order valence-electron chi connectivity index (χ1n) is 13.5. The third-order valence-corrected chi connectivity index (χ3v) is 5.83. The fraction of sp³-hybridized carbons (Fsp3) is 0.406. The number of aromatic nitrogens is 2. The van der Waals surface area contributed by atoms with E-state index in [1.807, 2.05) is 81.4 Å². The summed E-state index contributed by atoms with van der Waals surface area (Å²) in [4.78, 5) is 24.3. The van der Waals surface area contributed by atoms with E-state index in [4.69, 9.17) is 4.98 Å². The molecule has 1 amide bonds. The monoisotopic (exact) mass is 515 g/mol. The molecule has 1 atom stereocenters. The van der Waals surface area contributed by atoms with Crippen LogP contribution in [0.25, 0.3) is 12.2 Å². The third-order valence-electron chi connectivity index (χ3n) is 5.83. The smallest absolute Gasteiger partial charge is 0.255 e. The second-order valence-electron chi connectivity index (χ2n) is 10.2. The van der Waals surface area contributed by atoms with Crippen molar-refractivity contribution < 1.29 is 4.79 Å². The van der Waals surface area contributed by atoms with Gasteiger partial charge >= 0.3 is 0 Å². The van der Waals surface area contributed by atoms with Crippen molar-refractivity contribution in [1.29, 1.82) is 0 Å². The molecule has 1 unspecified atom stereocenters. The van der Waals surface area contributed by atoms with Crippen LogP contribution in [0.3, 0.4) is 0 Å². The quantitative estimate of drug-likeness (QED) is 0.367. The number of rotatable bonds is 8. The average molecular weight is 516 g/mol. The number of amides is 1. The largest absolute Gasteiger partial charge is 0.377 e. The number of hydrogen-bond donors (Lipinski definition) is 2. The Bertz CT molecular complexity index is 1310. The van der Waals surface area contributed by atoms with E-state index in [2.05, 4.69) is 56.3 Å². The van der Waals surface area contributed by atoms with E-state index in [-0.39, 0.29) is 11.9 Å². The van der Waals surface area contributed by atoms with Gasteiger partial charge in [0.15, 0.2) is 0 Å². The summed E-state index contributed by atoms with van der Waals surface area (Å²) in [7, 11) is 3.99. The molecule has 0 bridgehead atoms.